The highest BCUT2D eigenvalue weighted by Crippen LogP contribution is 2.33. The van der Waals surface area contributed by atoms with E-state index in [-0.39, 0.29) is 17.8 Å². The van der Waals surface area contributed by atoms with E-state index < -0.39 is 0 Å². The van der Waals surface area contributed by atoms with Crippen molar-refractivity contribution in [3.8, 4) is 11.3 Å². The third kappa shape index (κ3) is 5.09. The molecule has 4 rings (SSSR count). The molecule has 0 fully saturated rings. The number of hydrogen-bond donors (Lipinski definition) is 2. The highest BCUT2D eigenvalue weighted by atomic mass is 19.1. The number of nitrogens with one attached hydrogen (secondary N) is 2. The maximum Gasteiger partial charge on any atom is 0.240 e. The van der Waals surface area contributed by atoms with Crippen LogP contribution >= 0.6 is 0 Å². The maximum atomic E-state index is 13.6. The molecule has 0 saturated carbocycles. The van der Waals surface area contributed by atoms with E-state index in [1.54, 1.807) is 12.1 Å². The van der Waals surface area contributed by atoms with Crippen LogP contribution in [0.25, 0.3) is 11.3 Å². The lowest BCUT2D eigenvalue weighted by Gasteiger charge is -2.32. The zero-order valence-corrected chi connectivity index (χ0v) is 19.7. The topological polar surface area (TPSA) is 62.2 Å². The molecule has 33 heavy (non-hydrogen) atoms. The zero-order valence-electron chi connectivity index (χ0n) is 19.7. The first-order valence-corrected chi connectivity index (χ1v) is 11.5. The number of aromatic nitrogens is 2. The number of nitrogens with zero attached hydrogens (tertiary/aromatic N) is 3. The summed E-state index contributed by atoms with van der Waals surface area (Å²) in [6.45, 7) is 8.00. The van der Waals surface area contributed by atoms with Crippen LogP contribution in [0.1, 0.15) is 31.7 Å². The molecule has 2 N–H and O–H groups in total. The molecule has 1 unspecified atom stereocenters. The molecule has 1 aromatic heterocycles. The van der Waals surface area contributed by atoms with Gasteiger partial charge in [-0.3, -0.25) is 4.79 Å². The number of amides is 1. The predicted molar refractivity (Wildman–Crippen MR) is 130 cm³/mol. The molecule has 1 aliphatic rings. The van der Waals surface area contributed by atoms with Crippen molar-refractivity contribution in [1.29, 1.82) is 0 Å². The summed E-state index contributed by atoms with van der Waals surface area (Å²) in [5.74, 6) is 1.93. The number of likely N-dealkylation sites (N-methyl/N-ethyl adjacent to an activating group) is 1. The molecule has 6 nitrogen and oxygen atoms in total. The number of anilines is 2. The Morgan fingerprint density at radius 1 is 1.09 bits per heavy atom. The van der Waals surface area contributed by atoms with Gasteiger partial charge >= 0.3 is 0 Å². The SMILES string of the molecule is CNC(CC(C)C)C(=O)N1CCn2c(nc(-c3ccc(F)cc3)c2Nc2ccc(C)cc2)C1. The summed E-state index contributed by atoms with van der Waals surface area (Å²) in [7, 11) is 1.84. The van der Waals surface area contributed by atoms with Crippen LogP contribution in [0.4, 0.5) is 15.9 Å². The number of carbonyl (C=O) groups is 1. The average Bonchev–Trinajstić information content (AvgIpc) is 3.16. The summed E-state index contributed by atoms with van der Waals surface area (Å²) in [5.41, 5.74) is 3.73. The van der Waals surface area contributed by atoms with Crippen LogP contribution < -0.4 is 10.6 Å². The fourth-order valence-electron chi connectivity index (χ4n) is 4.26. The number of fused-ring (bicyclic) bond motifs is 1. The van der Waals surface area contributed by atoms with Crippen LogP contribution in [0.2, 0.25) is 0 Å². The molecule has 0 aliphatic carbocycles. The molecule has 1 aliphatic heterocycles. The van der Waals surface area contributed by atoms with Crippen LogP contribution in [-0.4, -0.2) is 40.0 Å². The van der Waals surface area contributed by atoms with Crippen LogP contribution in [0.15, 0.2) is 48.5 Å². The van der Waals surface area contributed by atoms with Gasteiger partial charge in [-0.05, 0) is 62.7 Å². The van der Waals surface area contributed by atoms with Crippen LogP contribution in [-0.2, 0) is 17.9 Å². The predicted octanol–water partition coefficient (Wildman–Crippen LogP) is 4.72. The lowest BCUT2D eigenvalue weighted by molar-refractivity contribution is -0.135. The van der Waals surface area contributed by atoms with Gasteiger partial charge < -0.3 is 20.1 Å². The zero-order chi connectivity index (χ0) is 23.5. The summed E-state index contributed by atoms with van der Waals surface area (Å²) in [4.78, 5) is 20.0. The highest BCUT2D eigenvalue weighted by Gasteiger charge is 2.30. The third-order valence-corrected chi connectivity index (χ3v) is 6.07. The molecule has 0 saturated heterocycles. The van der Waals surface area contributed by atoms with E-state index in [1.165, 1.54) is 17.7 Å². The number of carbonyl (C=O) groups excluding carboxylic acids is 1. The molecule has 2 aromatic carbocycles. The van der Waals surface area contributed by atoms with Crippen molar-refractivity contribution >= 4 is 17.4 Å². The van der Waals surface area contributed by atoms with E-state index in [1.807, 2.05) is 24.1 Å². The van der Waals surface area contributed by atoms with Crippen molar-refractivity contribution in [2.24, 2.45) is 5.92 Å². The van der Waals surface area contributed by atoms with E-state index in [0.29, 0.717) is 25.6 Å². The molecule has 0 spiro atoms. The molecule has 174 valence electrons. The highest BCUT2D eigenvalue weighted by molar-refractivity contribution is 5.82. The molecule has 2 heterocycles. The van der Waals surface area contributed by atoms with Gasteiger partial charge in [0, 0.05) is 24.3 Å². The molecule has 1 amide bonds. The van der Waals surface area contributed by atoms with Crippen molar-refractivity contribution in [1.82, 2.24) is 19.8 Å². The van der Waals surface area contributed by atoms with Crippen molar-refractivity contribution < 1.29 is 9.18 Å². The van der Waals surface area contributed by atoms with Crippen molar-refractivity contribution in [2.75, 3.05) is 18.9 Å². The van der Waals surface area contributed by atoms with E-state index in [4.69, 9.17) is 4.98 Å². The first kappa shape index (κ1) is 23.0. The summed E-state index contributed by atoms with van der Waals surface area (Å²) < 4.78 is 15.7. The Labute approximate surface area is 194 Å². The molecule has 7 heteroatoms. The van der Waals surface area contributed by atoms with Gasteiger partial charge in [0.1, 0.15) is 23.2 Å². The minimum absolute atomic E-state index is 0.108. The number of halogens is 1. The number of rotatable bonds is 7. The first-order valence-electron chi connectivity index (χ1n) is 11.5. The van der Waals surface area contributed by atoms with Crippen molar-refractivity contribution in [3.63, 3.8) is 0 Å². The molecular weight excluding hydrogens is 417 g/mol. The van der Waals surface area contributed by atoms with Gasteiger partial charge in [0.05, 0.1) is 12.6 Å². The van der Waals surface area contributed by atoms with Gasteiger partial charge in [-0.15, -0.1) is 0 Å². The number of hydrogen-bond acceptors (Lipinski definition) is 4. The minimum Gasteiger partial charge on any atom is -0.340 e. The van der Waals surface area contributed by atoms with E-state index in [0.717, 1.165) is 35.0 Å². The molecule has 3 aromatic rings. The summed E-state index contributed by atoms with van der Waals surface area (Å²) >= 11 is 0. The van der Waals surface area contributed by atoms with Crippen LogP contribution in [0.5, 0.6) is 0 Å². The van der Waals surface area contributed by atoms with Gasteiger partial charge in [0.2, 0.25) is 5.91 Å². The first-order chi connectivity index (χ1) is 15.9. The van der Waals surface area contributed by atoms with Gasteiger partial charge in [0.25, 0.3) is 0 Å². The van der Waals surface area contributed by atoms with Gasteiger partial charge in [-0.1, -0.05) is 31.5 Å². The Balaban J connectivity index is 1.67. The van der Waals surface area contributed by atoms with E-state index in [2.05, 4.69) is 48.1 Å². The van der Waals surface area contributed by atoms with E-state index >= 15 is 0 Å². The maximum absolute atomic E-state index is 13.6. The fourth-order valence-corrected chi connectivity index (χ4v) is 4.26. The Bertz CT molecular complexity index is 1100. The van der Waals surface area contributed by atoms with Gasteiger partial charge in [-0.25, -0.2) is 9.37 Å². The normalized spacial score (nSPS) is 14.3. The minimum atomic E-state index is -0.282. The molecular formula is C26H32FN5O. The molecule has 0 radical (unpaired) electrons. The van der Waals surface area contributed by atoms with Crippen LogP contribution in [0.3, 0.4) is 0 Å². The Kier molecular flexibility index (Phi) is 6.79. The summed E-state index contributed by atoms with van der Waals surface area (Å²) in [6, 6.07) is 14.4. The number of aryl methyl sites for hydroxylation is 1. The number of benzene rings is 2. The van der Waals surface area contributed by atoms with Crippen LogP contribution in [0, 0.1) is 18.7 Å². The Morgan fingerprint density at radius 3 is 2.42 bits per heavy atom. The second-order valence-electron chi connectivity index (χ2n) is 9.11. The third-order valence-electron chi connectivity index (χ3n) is 6.07. The van der Waals surface area contributed by atoms with E-state index in [9.17, 15) is 9.18 Å². The lowest BCUT2D eigenvalue weighted by atomic mass is 10.0. The van der Waals surface area contributed by atoms with Gasteiger partial charge in [-0.2, -0.15) is 0 Å². The lowest BCUT2D eigenvalue weighted by Crippen LogP contribution is -2.48. The Morgan fingerprint density at radius 2 is 1.79 bits per heavy atom. The van der Waals surface area contributed by atoms with Crippen molar-refractivity contribution in [2.45, 2.75) is 46.3 Å². The molecule has 0 bridgehead atoms. The Hall–Kier alpha value is -3.19. The second kappa shape index (κ2) is 9.75. The summed E-state index contributed by atoms with van der Waals surface area (Å²) in [5, 5.41) is 6.69. The van der Waals surface area contributed by atoms with Gasteiger partial charge in [0.15, 0.2) is 0 Å². The quantitative estimate of drug-likeness (QED) is 0.548. The smallest absolute Gasteiger partial charge is 0.240 e. The fraction of sp³-hybridized carbons (Fsp3) is 0.385. The average molecular weight is 450 g/mol. The largest absolute Gasteiger partial charge is 0.340 e. The van der Waals surface area contributed by atoms with Crippen molar-refractivity contribution in [3.05, 3.63) is 65.7 Å². The summed E-state index contributed by atoms with van der Waals surface area (Å²) in [6.07, 6.45) is 0.793. The second-order valence-corrected chi connectivity index (χ2v) is 9.11. The standard InChI is InChI=1S/C26H32FN5O/c1-17(2)15-22(28-4)26(33)31-13-14-32-23(16-31)30-24(19-7-9-20(27)10-8-19)25(32)29-21-11-5-18(3)6-12-21/h5-12,17,22,28-29H,13-16H2,1-4H3. The monoisotopic (exact) mass is 449 g/mol. The molecule has 1 atom stereocenters. The number of imidazole rings is 1.